The third-order valence-corrected chi connectivity index (χ3v) is 3.57. The number of likely N-dealkylation sites (N-methyl/N-ethyl adjacent to an activating group) is 1. The highest BCUT2D eigenvalue weighted by Crippen LogP contribution is 2.13. The fraction of sp³-hybridized carbons (Fsp3) is 0.294. The minimum absolute atomic E-state index is 0.789. The number of hydrogen-bond donors (Lipinski definition) is 1. The Hall–Kier alpha value is -1.51. The largest absolute Gasteiger partial charge is 0.384 e. The molecule has 0 amide bonds. The van der Waals surface area contributed by atoms with Crippen LogP contribution in [0.2, 0.25) is 5.02 Å². The molecule has 0 bridgehead atoms. The van der Waals surface area contributed by atoms with E-state index >= 15 is 0 Å². The summed E-state index contributed by atoms with van der Waals surface area (Å²) < 4.78 is 0. The van der Waals surface area contributed by atoms with Gasteiger partial charge in [0.25, 0.3) is 0 Å². The molecule has 0 saturated heterocycles. The van der Waals surface area contributed by atoms with E-state index in [1.54, 1.807) is 0 Å². The molecule has 2 rings (SSSR count). The molecule has 0 aliphatic heterocycles. The standard InChI is InChI=1S/C17H21ClN2/c1-14-5-3-4-6-17(14)19-11-12-20(2)13-15-7-9-16(18)10-8-15/h3-10,19H,11-13H2,1-2H3. The van der Waals surface area contributed by atoms with E-state index in [9.17, 15) is 0 Å². The van der Waals surface area contributed by atoms with Gasteiger partial charge in [-0.2, -0.15) is 0 Å². The van der Waals surface area contributed by atoms with Crippen LogP contribution in [-0.2, 0) is 6.54 Å². The zero-order valence-electron chi connectivity index (χ0n) is 12.1. The van der Waals surface area contributed by atoms with Gasteiger partial charge in [-0.25, -0.2) is 0 Å². The molecule has 20 heavy (non-hydrogen) atoms. The second-order valence-corrected chi connectivity index (χ2v) is 5.54. The third kappa shape index (κ3) is 4.55. The van der Waals surface area contributed by atoms with Crippen LogP contribution in [0.25, 0.3) is 0 Å². The van der Waals surface area contributed by atoms with Crippen molar-refractivity contribution in [3.05, 3.63) is 64.7 Å². The van der Waals surface area contributed by atoms with Gasteiger partial charge in [0, 0.05) is 30.3 Å². The summed E-state index contributed by atoms with van der Waals surface area (Å²) in [4.78, 5) is 2.30. The maximum Gasteiger partial charge on any atom is 0.0406 e. The second kappa shape index (κ2) is 7.32. The van der Waals surface area contributed by atoms with E-state index in [4.69, 9.17) is 11.6 Å². The summed E-state index contributed by atoms with van der Waals surface area (Å²) in [6, 6.07) is 16.4. The van der Waals surface area contributed by atoms with E-state index in [1.807, 2.05) is 12.1 Å². The smallest absolute Gasteiger partial charge is 0.0406 e. The maximum absolute atomic E-state index is 5.89. The minimum atomic E-state index is 0.789. The Morgan fingerprint density at radius 3 is 2.45 bits per heavy atom. The van der Waals surface area contributed by atoms with Gasteiger partial charge in [0.2, 0.25) is 0 Å². The van der Waals surface area contributed by atoms with Gasteiger partial charge < -0.3 is 10.2 Å². The fourth-order valence-corrected chi connectivity index (χ4v) is 2.26. The van der Waals surface area contributed by atoms with Crippen molar-refractivity contribution in [3.8, 4) is 0 Å². The molecule has 0 aliphatic carbocycles. The average Bonchev–Trinajstić information content (AvgIpc) is 2.43. The van der Waals surface area contributed by atoms with E-state index in [-0.39, 0.29) is 0 Å². The number of benzene rings is 2. The number of halogens is 1. The van der Waals surface area contributed by atoms with Crippen molar-refractivity contribution in [2.24, 2.45) is 0 Å². The number of hydrogen-bond acceptors (Lipinski definition) is 2. The van der Waals surface area contributed by atoms with Crippen LogP contribution in [0.1, 0.15) is 11.1 Å². The van der Waals surface area contributed by atoms with Crippen LogP contribution in [0.3, 0.4) is 0 Å². The Labute approximate surface area is 126 Å². The topological polar surface area (TPSA) is 15.3 Å². The van der Waals surface area contributed by atoms with Crippen LogP contribution >= 0.6 is 11.6 Å². The lowest BCUT2D eigenvalue weighted by molar-refractivity contribution is 0.340. The van der Waals surface area contributed by atoms with E-state index in [0.29, 0.717) is 0 Å². The fourth-order valence-electron chi connectivity index (χ4n) is 2.13. The number of rotatable bonds is 6. The van der Waals surface area contributed by atoms with Crippen molar-refractivity contribution in [1.29, 1.82) is 0 Å². The van der Waals surface area contributed by atoms with E-state index in [0.717, 1.165) is 24.7 Å². The van der Waals surface area contributed by atoms with Gasteiger partial charge in [0.1, 0.15) is 0 Å². The van der Waals surface area contributed by atoms with Crippen molar-refractivity contribution >= 4 is 17.3 Å². The molecule has 1 N–H and O–H groups in total. The van der Waals surface area contributed by atoms with Gasteiger partial charge in [-0.1, -0.05) is 41.9 Å². The van der Waals surface area contributed by atoms with Crippen LogP contribution in [0.15, 0.2) is 48.5 Å². The lowest BCUT2D eigenvalue weighted by Crippen LogP contribution is -2.24. The Kier molecular flexibility index (Phi) is 5.45. The minimum Gasteiger partial charge on any atom is -0.384 e. The van der Waals surface area contributed by atoms with Crippen molar-refractivity contribution in [1.82, 2.24) is 4.90 Å². The Morgan fingerprint density at radius 2 is 1.75 bits per heavy atom. The normalized spacial score (nSPS) is 10.8. The van der Waals surface area contributed by atoms with Crippen molar-refractivity contribution in [2.45, 2.75) is 13.5 Å². The summed E-state index contributed by atoms with van der Waals surface area (Å²) in [5, 5.41) is 4.27. The summed E-state index contributed by atoms with van der Waals surface area (Å²) in [7, 11) is 2.13. The van der Waals surface area contributed by atoms with Gasteiger partial charge in [0.15, 0.2) is 0 Å². The third-order valence-electron chi connectivity index (χ3n) is 3.32. The van der Waals surface area contributed by atoms with Crippen LogP contribution in [0.5, 0.6) is 0 Å². The maximum atomic E-state index is 5.89. The zero-order valence-corrected chi connectivity index (χ0v) is 12.8. The van der Waals surface area contributed by atoms with Gasteiger partial charge in [-0.15, -0.1) is 0 Å². The van der Waals surface area contributed by atoms with E-state index in [1.165, 1.54) is 16.8 Å². The first-order valence-corrected chi connectivity index (χ1v) is 7.25. The van der Waals surface area contributed by atoms with Gasteiger partial charge in [-0.05, 0) is 43.3 Å². The van der Waals surface area contributed by atoms with Gasteiger partial charge in [-0.3, -0.25) is 0 Å². The first kappa shape index (κ1) is 14.9. The number of para-hydroxylation sites is 1. The summed E-state index contributed by atoms with van der Waals surface area (Å²) in [6.45, 7) is 5.00. The lowest BCUT2D eigenvalue weighted by atomic mass is 10.2. The van der Waals surface area contributed by atoms with Crippen LogP contribution in [-0.4, -0.2) is 25.0 Å². The second-order valence-electron chi connectivity index (χ2n) is 5.11. The highest BCUT2D eigenvalue weighted by atomic mass is 35.5. The Balaban J connectivity index is 1.76. The van der Waals surface area contributed by atoms with Crippen molar-refractivity contribution in [3.63, 3.8) is 0 Å². The van der Waals surface area contributed by atoms with Crippen molar-refractivity contribution < 1.29 is 0 Å². The molecule has 0 radical (unpaired) electrons. The molecule has 2 aromatic carbocycles. The SMILES string of the molecule is Cc1ccccc1NCCN(C)Cc1ccc(Cl)cc1. The lowest BCUT2D eigenvalue weighted by Gasteiger charge is -2.18. The molecule has 3 heteroatoms. The predicted molar refractivity (Wildman–Crippen MR) is 87.5 cm³/mol. The van der Waals surface area contributed by atoms with Crippen LogP contribution in [0.4, 0.5) is 5.69 Å². The Bertz CT molecular complexity index is 537. The zero-order chi connectivity index (χ0) is 14.4. The molecule has 0 saturated carbocycles. The molecule has 0 unspecified atom stereocenters. The molecular formula is C17H21ClN2. The number of nitrogens with one attached hydrogen (secondary N) is 1. The average molecular weight is 289 g/mol. The molecular weight excluding hydrogens is 268 g/mol. The van der Waals surface area contributed by atoms with Gasteiger partial charge in [0.05, 0.1) is 0 Å². The van der Waals surface area contributed by atoms with Crippen LogP contribution < -0.4 is 5.32 Å². The number of aryl methyl sites for hydroxylation is 1. The molecule has 0 aliphatic rings. The molecule has 0 atom stereocenters. The number of anilines is 1. The first-order chi connectivity index (χ1) is 9.65. The molecule has 0 fully saturated rings. The van der Waals surface area contributed by atoms with E-state index < -0.39 is 0 Å². The number of nitrogens with zero attached hydrogens (tertiary/aromatic N) is 1. The summed E-state index contributed by atoms with van der Waals surface area (Å²) >= 11 is 5.89. The first-order valence-electron chi connectivity index (χ1n) is 6.87. The molecule has 2 aromatic rings. The van der Waals surface area contributed by atoms with Crippen LogP contribution in [0, 0.1) is 6.92 Å². The summed E-state index contributed by atoms with van der Waals surface area (Å²) in [6.07, 6.45) is 0. The molecule has 0 aromatic heterocycles. The highest BCUT2D eigenvalue weighted by Gasteiger charge is 2.01. The van der Waals surface area contributed by atoms with Crippen molar-refractivity contribution in [2.75, 3.05) is 25.5 Å². The monoisotopic (exact) mass is 288 g/mol. The highest BCUT2D eigenvalue weighted by molar-refractivity contribution is 6.30. The van der Waals surface area contributed by atoms with Gasteiger partial charge >= 0.3 is 0 Å². The Morgan fingerprint density at radius 1 is 1.05 bits per heavy atom. The molecule has 2 nitrogen and oxygen atoms in total. The van der Waals surface area contributed by atoms with E-state index in [2.05, 4.69) is 60.6 Å². The quantitative estimate of drug-likeness (QED) is 0.857. The summed E-state index contributed by atoms with van der Waals surface area (Å²) in [5.41, 5.74) is 3.79. The molecule has 0 spiro atoms. The molecule has 106 valence electrons. The molecule has 0 heterocycles. The predicted octanol–water partition coefficient (Wildman–Crippen LogP) is 4.19. The summed E-state index contributed by atoms with van der Waals surface area (Å²) in [5.74, 6) is 0.